The van der Waals surface area contributed by atoms with Gasteiger partial charge >= 0.3 is 0 Å². The van der Waals surface area contributed by atoms with E-state index in [9.17, 15) is 0 Å². The van der Waals surface area contributed by atoms with Crippen LogP contribution in [0.1, 0.15) is 39.3 Å². The van der Waals surface area contributed by atoms with Gasteiger partial charge in [-0.15, -0.1) is 24.0 Å². The van der Waals surface area contributed by atoms with Crippen molar-refractivity contribution in [2.45, 2.75) is 46.2 Å². The summed E-state index contributed by atoms with van der Waals surface area (Å²) < 4.78 is 0. The Hall–Kier alpha value is -1.37. The predicted octanol–water partition coefficient (Wildman–Crippen LogP) is 4.34. The Morgan fingerprint density at radius 3 is 2.58 bits per heavy atom. The number of guanidine groups is 1. The molecule has 0 aliphatic carbocycles. The van der Waals surface area contributed by atoms with Crippen molar-refractivity contribution in [3.05, 3.63) is 42.2 Å². The number of pyridine rings is 1. The van der Waals surface area contributed by atoms with Crippen LogP contribution in [0.3, 0.4) is 0 Å². The monoisotopic (exact) mass is 440 g/mol. The Bertz CT molecular complexity index is 649. The molecule has 0 bridgehead atoms. The molecule has 0 saturated heterocycles. The number of aliphatic imine (C=N–C) groups is 1. The van der Waals surface area contributed by atoms with Crippen molar-refractivity contribution in [1.82, 2.24) is 15.6 Å². The summed E-state index contributed by atoms with van der Waals surface area (Å²) in [6.45, 7) is 7.38. The molecule has 2 rings (SSSR count). The summed E-state index contributed by atoms with van der Waals surface area (Å²) in [6.07, 6.45) is 4.22. The Kier molecular flexibility index (Phi) is 9.03. The molecule has 132 valence electrons. The predicted molar refractivity (Wildman–Crippen MR) is 114 cm³/mol. The van der Waals surface area contributed by atoms with Crippen LogP contribution in [-0.2, 0) is 6.54 Å². The molecule has 0 fully saturated rings. The Morgan fingerprint density at radius 2 is 1.88 bits per heavy atom. The lowest BCUT2D eigenvalue weighted by atomic mass is 10.0. The molecule has 5 heteroatoms. The van der Waals surface area contributed by atoms with Crippen LogP contribution < -0.4 is 10.6 Å². The normalized spacial score (nSPS) is 12.8. The van der Waals surface area contributed by atoms with Crippen LogP contribution in [0.15, 0.2) is 41.5 Å². The van der Waals surface area contributed by atoms with Gasteiger partial charge in [-0.05, 0) is 37.1 Å². The summed E-state index contributed by atoms with van der Waals surface area (Å²) in [5.74, 6) is 1.56. The zero-order valence-electron chi connectivity index (χ0n) is 15.0. The number of hydrogen-bond donors (Lipinski definition) is 2. The number of rotatable bonds is 6. The van der Waals surface area contributed by atoms with E-state index in [1.54, 1.807) is 7.05 Å². The maximum absolute atomic E-state index is 4.51. The molecular formula is C19H29IN4. The van der Waals surface area contributed by atoms with Crippen molar-refractivity contribution in [3.63, 3.8) is 0 Å². The summed E-state index contributed by atoms with van der Waals surface area (Å²) in [5.41, 5.74) is 1.04. The van der Waals surface area contributed by atoms with Crippen molar-refractivity contribution in [2.24, 2.45) is 10.9 Å². The summed E-state index contributed by atoms with van der Waals surface area (Å²) in [5, 5.41) is 9.23. The molecule has 1 atom stereocenters. The first-order chi connectivity index (χ1) is 11.1. The molecule has 2 aromatic rings. The summed E-state index contributed by atoms with van der Waals surface area (Å²) in [7, 11) is 1.81. The average molecular weight is 440 g/mol. The van der Waals surface area contributed by atoms with Gasteiger partial charge in [-0.25, -0.2) is 0 Å². The highest BCUT2D eigenvalue weighted by atomic mass is 127. The lowest BCUT2D eigenvalue weighted by Gasteiger charge is -2.19. The number of aromatic nitrogens is 1. The number of hydrogen-bond acceptors (Lipinski definition) is 2. The van der Waals surface area contributed by atoms with Gasteiger partial charge in [0.05, 0.1) is 12.2 Å². The second-order valence-corrected chi connectivity index (χ2v) is 6.42. The Morgan fingerprint density at radius 1 is 1.12 bits per heavy atom. The highest BCUT2D eigenvalue weighted by Gasteiger charge is 2.07. The van der Waals surface area contributed by atoms with Crippen molar-refractivity contribution in [1.29, 1.82) is 0 Å². The SMILES string of the molecule is CN=C(NCc1nccc2ccccc12)NC(C)CCC(C)C.I. The number of nitrogens with zero attached hydrogens (tertiary/aromatic N) is 2. The van der Waals surface area contributed by atoms with Gasteiger partial charge in [0.15, 0.2) is 5.96 Å². The number of benzene rings is 1. The molecule has 0 aliphatic heterocycles. The quantitative estimate of drug-likeness (QED) is 0.399. The van der Waals surface area contributed by atoms with Crippen LogP contribution in [-0.4, -0.2) is 24.0 Å². The van der Waals surface area contributed by atoms with E-state index in [1.807, 2.05) is 12.3 Å². The minimum atomic E-state index is 0. The van der Waals surface area contributed by atoms with Gasteiger partial charge in [0.1, 0.15) is 0 Å². The van der Waals surface area contributed by atoms with Crippen LogP contribution >= 0.6 is 24.0 Å². The average Bonchev–Trinajstić information content (AvgIpc) is 2.56. The summed E-state index contributed by atoms with van der Waals surface area (Å²) in [4.78, 5) is 8.82. The lowest BCUT2D eigenvalue weighted by molar-refractivity contribution is 0.489. The van der Waals surface area contributed by atoms with Crippen molar-refractivity contribution in [3.8, 4) is 0 Å². The molecule has 1 aromatic heterocycles. The van der Waals surface area contributed by atoms with Crippen LogP contribution in [0, 0.1) is 5.92 Å². The molecule has 1 heterocycles. The van der Waals surface area contributed by atoms with E-state index in [0.717, 1.165) is 24.0 Å². The lowest BCUT2D eigenvalue weighted by Crippen LogP contribution is -2.42. The summed E-state index contributed by atoms with van der Waals surface area (Å²) >= 11 is 0. The van der Waals surface area contributed by atoms with Crippen molar-refractivity contribution < 1.29 is 0 Å². The van der Waals surface area contributed by atoms with Gasteiger partial charge in [-0.1, -0.05) is 38.1 Å². The van der Waals surface area contributed by atoms with E-state index in [-0.39, 0.29) is 24.0 Å². The third-order valence-corrected chi connectivity index (χ3v) is 3.96. The Balaban J connectivity index is 0.00000288. The smallest absolute Gasteiger partial charge is 0.191 e. The van der Waals surface area contributed by atoms with E-state index < -0.39 is 0 Å². The van der Waals surface area contributed by atoms with Gasteiger partial charge in [-0.2, -0.15) is 0 Å². The molecule has 0 aliphatic rings. The van der Waals surface area contributed by atoms with Gasteiger partial charge in [0.2, 0.25) is 0 Å². The highest BCUT2D eigenvalue weighted by Crippen LogP contribution is 2.15. The molecule has 1 unspecified atom stereocenters. The molecule has 0 amide bonds. The van der Waals surface area contributed by atoms with E-state index in [0.29, 0.717) is 12.6 Å². The van der Waals surface area contributed by atoms with Crippen LogP contribution in [0.5, 0.6) is 0 Å². The fourth-order valence-corrected chi connectivity index (χ4v) is 2.57. The van der Waals surface area contributed by atoms with Gasteiger partial charge < -0.3 is 10.6 Å². The van der Waals surface area contributed by atoms with Crippen LogP contribution in [0.2, 0.25) is 0 Å². The van der Waals surface area contributed by atoms with E-state index in [2.05, 4.69) is 65.6 Å². The number of fused-ring (bicyclic) bond motifs is 1. The van der Waals surface area contributed by atoms with Gasteiger partial charge in [0, 0.05) is 24.7 Å². The minimum Gasteiger partial charge on any atom is -0.354 e. The minimum absolute atomic E-state index is 0. The fourth-order valence-electron chi connectivity index (χ4n) is 2.57. The molecular weight excluding hydrogens is 411 g/mol. The topological polar surface area (TPSA) is 49.3 Å². The molecule has 24 heavy (non-hydrogen) atoms. The van der Waals surface area contributed by atoms with E-state index >= 15 is 0 Å². The molecule has 4 nitrogen and oxygen atoms in total. The zero-order chi connectivity index (χ0) is 16.7. The molecule has 0 saturated carbocycles. The molecule has 2 N–H and O–H groups in total. The zero-order valence-corrected chi connectivity index (χ0v) is 17.4. The van der Waals surface area contributed by atoms with Crippen LogP contribution in [0.4, 0.5) is 0 Å². The van der Waals surface area contributed by atoms with Crippen LogP contribution in [0.25, 0.3) is 10.8 Å². The second kappa shape index (κ2) is 10.5. The maximum Gasteiger partial charge on any atom is 0.191 e. The van der Waals surface area contributed by atoms with Gasteiger partial charge in [0.25, 0.3) is 0 Å². The third-order valence-electron chi connectivity index (χ3n) is 3.96. The fraction of sp³-hybridized carbons (Fsp3) is 0.474. The third kappa shape index (κ3) is 6.26. The molecule has 0 radical (unpaired) electrons. The molecule has 0 spiro atoms. The maximum atomic E-state index is 4.51. The van der Waals surface area contributed by atoms with E-state index in [4.69, 9.17) is 0 Å². The first kappa shape index (κ1) is 20.7. The number of halogens is 1. The highest BCUT2D eigenvalue weighted by molar-refractivity contribution is 14.0. The molecule has 1 aromatic carbocycles. The first-order valence-electron chi connectivity index (χ1n) is 8.40. The number of nitrogens with one attached hydrogen (secondary N) is 2. The standard InChI is InChI=1S/C19H28N4.HI/c1-14(2)9-10-15(3)23-19(20-4)22-13-18-17-8-6-5-7-16(17)11-12-21-18;/h5-8,11-12,14-15H,9-10,13H2,1-4H3,(H2,20,22,23);1H. The van der Waals surface area contributed by atoms with E-state index in [1.165, 1.54) is 17.2 Å². The van der Waals surface area contributed by atoms with Gasteiger partial charge in [-0.3, -0.25) is 9.98 Å². The largest absolute Gasteiger partial charge is 0.354 e. The first-order valence-corrected chi connectivity index (χ1v) is 8.40. The summed E-state index contributed by atoms with van der Waals surface area (Å²) in [6, 6.07) is 10.8. The van der Waals surface area contributed by atoms with Crippen molar-refractivity contribution in [2.75, 3.05) is 7.05 Å². The second-order valence-electron chi connectivity index (χ2n) is 6.42. The Labute approximate surface area is 162 Å². The van der Waals surface area contributed by atoms with Crippen molar-refractivity contribution >= 4 is 40.7 Å².